The van der Waals surface area contributed by atoms with Crippen LogP contribution < -0.4 is 10.6 Å². The Balaban J connectivity index is 1.83. The van der Waals surface area contributed by atoms with E-state index in [-0.39, 0.29) is 5.91 Å². The summed E-state index contributed by atoms with van der Waals surface area (Å²) in [6.45, 7) is 2.49. The lowest BCUT2D eigenvalue weighted by atomic mass is 10.3. The second kappa shape index (κ2) is 5.73. The molecule has 1 aliphatic heterocycles. The summed E-state index contributed by atoms with van der Waals surface area (Å²) in [4.78, 5) is 20.7. The highest BCUT2D eigenvalue weighted by molar-refractivity contribution is 5.81. The zero-order valence-electron chi connectivity index (χ0n) is 12.3. The molecule has 2 aromatic rings. The Morgan fingerprint density at radius 2 is 2.14 bits per heavy atom. The molecule has 0 unspecified atom stereocenters. The van der Waals surface area contributed by atoms with Gasteiger partial charge >= 0.3 is 0 Å². The van der Waals surface area contributed by atoms with Gasteiger partial charge in [0.2, 0.25) is 5.91 Å². The summed E-state index contributed by atoms with van der Waals surface area (Å²) in [5.41, 5.74) is 7.66. The van der Waals surface area contributed by atoms with E-state index in [1.54, 1.807) is 0 Å². The number of likely N-dealkylation sites (N-methyl/N-ethyl adjacent to an activating group) is 1. The number of pyridine rings is 1. The third-order valence-electron chi connectivity index (χ3n) is 3.99. The highest BCUT2D eigenvalue weighted by Crippen LogP contribution is 2.20. The Kier molecular flexibility index (Phi) is 3.79. The Bertz CT molecular complexity index is 645. The zero-order chi connectivity index (χ0) is 14.8. The van der Waals surface area contributed by atoms with Gasteiger partial charge in [-0.3, -0.25) is 4.79 Å². The first kappa shape index (κ1) is 13.9. The summed E-state index contributed by atoms with van der Waals surface area (Å²) in [7, 11) is 1.90. The van der Waals surface area contributed by atoms with E-state index >= 15 is 0 Å². The van der Waals surface area contributed by atoms with Crippen molar-refractivity contribution < 1.29 is 4.79 Å². The van der Waals surface area contributed by atoms with Crippen LogP contribution in [-0.2, 0) is 11.3 Å². The number of amides is 1. The molecule has 1 aliphatic rings. The van der Waals surface area contributed by atoms with Crippen molar-refractivity contribution in [2.75, 3.05) is 31.6 Å². The first-order valence-electron chi connectivity index (χ1n) is 7.35. The van der Waals surface area contributed by atoms with Crippen LogP contribution in [0, 0.1) is 0 Å². The minimum atomic E-state index is 0.162. The predicted molar refractivity (Wildman–Crippen MR) is 82.2 cm³/mol. The monoisotopic (exact) mass is 287 g/mol. The molecule has 1 fully saturated rings. The van der Waals surface area contributed by atoms with E-state index in [0.717, 1.165) is 43.1 Å². The number of carbonyl (C=O) groups is 1. The average molecular weight is 287 g/mol. The van der Waals surface area contributed by atoms with Crippen molar-refractivity contribution >= 4 is 17.4 Å². The molecule has 6 heteroatoms. The normalized spacial score (nSPS) is 14.9. The number of hydrogen-bond donors (Lipinski definition) is 1. The second-order valence-electron chi connectivity index (χ2n) is 5.46. The van der Waals surface area contributed by atoms with Gasteiger partial charge in [-0.05, 0) is 25.0 Å². The fraction of sp³-hybridized carbons (Fsp3) is 0.467. The fourth-order valence-corrected chi connectivity index (χ4v) is 2.87. The first-order valence-corrected chi connectivity index (χ1v) is 7.35. The summed E-state index contributed by atoms with van der Waals surface area (Å²) in [5.74, 6) is 0.950. The molecule has 0 spiro atoms. The van der Waals surface area contributed by atoms with E-state index in [9.17, 15) is 4.79 Å². The predicted octanol–water partition coefficient (Wildman–Crippen LogP) is 0.852. The SMILES string of the molecule is CN(CC(=O)N1CCCC1)c1nc2ccccn2c1CN. The fourth-order valence-electron chi connectivity index (χ4n) is 2.87. The number of imidazole rings is 1. The Labute approximate surface area is 124 Å². The summed E-state index contributed by atoms with van der Waals surface area (Å²) in [5, 5.41) is 0. The van der Waals surface area contributed by atoms with Crippen molar-refractivity contribution in [3.05, 3.63) is 30.1 Å². The maximum absolute atomic E-state index is 12.3. The van der Waals surface area contributed by atoms with E-state index in [4.69, 9.17) is 5.73 Å². The molecule has 0 radical (unpaired) electrons. The van der Waals surface area contributed by atoms with E-state index in [1.807, 2.05) is 45.6 Å². The molecule has 0 bridgehead atoms. The van der Waals surface area contributed by atoms with Gasteiger partial charge in [0.25, 0.3) is 0 Å². The lowest BCUT2D eigenvalue weighted by Gasteiger charge is -2.22. The zero-order valence-corrected chi connectivity index (χ0v) is 12.3. The first-order chi connectivity index (χ1) is 10.2. The molecule has 0 aromatic carbocycles. The number of aromatic nitrogens is 2. The Morgan fingerprint density at radius 3 is 2.86 bits per heavy atom. The lowest BCUT2D eigenvalue weighted by Crippen LogP contribution is -2.37. The van der Waals surface area contributed by atoms with E-state index in [2.05, 4.69) is 4.98 Å². The number of rotatable bonds is 4. The molecule has 21 heavy (non-hydrogen) atoms. The van der Waals surface area contributed by atoms with Crippen molar-refractivity contribution in [3.8, 4) is 0 Å². The second-order valence-corrected chi connectivity index (χ2v) is 5.46. The number of nitrogens with zero attached hydrogens (tertiary/aromatic N) is 4. The van der Waals surface area contributed by atoms with Crippen LogP contribution in [0.25, 0.3) is 5.65 Å². The number of carbonyl (C=O) groups excluding carboxylic acids is 1. The van der Waals surface area contributed by atoms with Crippen molar-refractivity contribution in [1.29, 1.82) is 0 Å². The molecule has 1 amide bonds. The molecule has 112 valence electrons. The molecule has 2 aromatic heterocycles. The van der Waals surface area contributed by atoms with Gasteiger partial charge in [0.05, 0.1) is 12.2 Å². The third kappa shape index (κ3) is 2.58. The van der Waals surface area contributed by atoms with Crippen LogP contribution in [0.4, 0.5) is 5.82 Å². The van der Waals surface area contributed by atoms with Crippen molar-refractivity contribution in [2.24, 2.45) is 5.73 Å². The van der Waals surface area contributed by atoms with Crippen LogP contribution >= 0.6 is 0 Å². The number of fused-ring (bicyclic) bond motifs is 1. The molecular formula is C15H21N5O. The minimum absolute atomic E-state index is 0.162. The van der Waals surface area contributed by atoms with E-state index in [0.29, 0.717) is 13.1 Å². The summed E-state index contributed by atoms with van der Waals surface area (Å²) in [6, 6.07) is 5.84. The van der Waals surface area contributed by atoms with Crippen LogP contribution in [0.1, 0.15) is 18.5 Å². The smallest absolute Gasteiger partial charge is 0.242 e. The van der Waals surface area contributed by atoms with Gasteiger partial charge in [-0.2, -0.15) is 0 Å². The molecule has 0 aliphatic carbocycles. The highest BCUT2D eigenvalue weighted by atomic mass is 16.2. The standard InChI is InChI=1S/C15H21N5O/c1-18(11-14(21)19-7-4-5-8-19)15-12(10-16)20-9-3-2-6-13(20)17-15/h2-3,6,9H,4-5,7-8,10-11,16H2,1H3. The van der Waals surface area contributed by atoms with Gasteiger partial charge in [0.15, 0.2) is 5.82 Å². The van der Waals surface area contributed by atoms with Crippen LogP contribution in [-0.4, -0.2) is 46.9 Å². The largest absolute Gasteiger partial charge is 0.349 e. The summed E-state index contributed by atoms with van der Waals surface area (Å²) in [6.07, 6.45) is 4.17. The molecule has 0 atom stereocenters. The molecule has 3 rings (SSSR count). The van der Waals surface area contributed by atoms with Crippen LogP contribution in [0.5, 0.6) is 0 Å². The van der Waals surface area contributed by atoms with Crippen LogP contribution in [0.2, 0.25) is 0 Å². The molecular weight excluding hydrogens is 266 g/mol. The highest BCUT2D eigenvalue weighted by Gasteiger charge is 2.21. The number of hydrogen-bond acceptors (Lipinski definition) is 4. The van der Waals surface area contributed by atoms with Gasteiger partial charge < -0.3 is 19.9 Å². The van der Waals surface area contributed by atoms with Gasteiger partial charge in [0, 0.05) is 32.9 Å². The minimum Gasteiger partial charge on any atom is -0.349 e. The topological polar surface area (TPSA) is 66.9 Å². The van der Waals surface area contributed by atoms with Gasteiger partial charge in [0.1, 0.15) is 5.65 Å². The summed E-state index contributed by atoms with van der Waals surface area (Å²) >= 11 is 0. The number of likely N-dealkylation sites (tertiary alicyclic amines) is 1. The molecule has 0 saturated carbocycles. The average Bonchev–Trinajstić information content (AvgIpc) is 3.14. The number of nitrogens with two attached hydrogens (primary N) is 1. The van der Waals surface area contributed by atoms with Crippen LogP contribution in [0.3, 0.4) is 0 Å². The van der Waals surface area contributed by atoms with Crippen molar-refractivity contribution in [2.45, 2.75) is 19.4 Å². The number of anilines is 1. The summed E-state index contributed by atoms with van der Waals surface area (Å²) < 4.78 is 1.98. The van der Waals surface area contributed by atoms with Crippen molar-refractivity contribution in [3.63, 3.8) is 0 Å². The van der Waals surface area contributed by atoms with E-state index < -0.39 is 0 Å². The molecule has 3 heterocycles. The van der Waals surface area contributed by atoms with Gasteiger partial charge in [-0.15, -0.1) is 0 Å². The Hall–Kier alpha value is -2.08. The molecule has 6 nitrogen and oxygen atoms in total. The van der Waals surface area contributed by atoms with E-state index in [1.165, 1.54) is 0 Å². The third-order valence-corrected chi connectivity index (χ3v) is 3.99. The lowest BCUT2D eigenvalue weighted by molar-refractivity contribution is -0.128. The maximum Gasteiger partial charge on any atom is 0.242 e. The van der Waals surface area contributed by atoms with Crippen LogP contribution in [0.15, 0.2) is 24.4 Å². The quantitative estimate of drug-likeness (QED) is 0.905. The van der Waals surface area contributed by atoms with Crippen molar-refractivity contribution in [1.82, 2.24) is 14.3 Å². The van der Waals surface area contributed by atoms with Gasteiger partial charge in [-0.1, -0.05) is 6.07 Å². The molecule has 2 N–H and O–H groups in total. The molecule has 1 saturated heterocycles. The Morgan fingerprint density at radius 1 is 1.38 bits per heavy atom. The van der Waals surface area contributed by atoms with Gasteiger partial charge in [-0.25, -0.2) is 4.98 Å². The maximum atomic E-state index is 12.3.